The van der Waals surface area contributed by atoms with Crippen LogP contribution in [0.5, 0.6) is 5.75 Å². The summed E-state index contributed by atoms with van der Waals surface area (Å²) >= 11 is 1.54. The molecule has 0 saturated carbocycles. The molecule has 0 spiro atoms. The van der Waals surface area contributed by atoms with Gasteiger partial charge in [-0.2, -0.15) is 0 Å². The molecule has 8 heteroatoms. The zero-order valence-electron chi connectivity index (χ0n) is 16.1. The zero-order chi connectivity index (χ0) is 19.9. The third kappa shape index (κ3) is 4.58. The summed E-state index contributed by atoms with van der Waals surface area (Å²) in [5.41, 5.74) is 2.54. The molecule has 0 atom stereocenters. The number of aromatic nitrogens is 4. The van der Waals surface area contributed by atoms with Gasteiger partial charge >= 0.3 is 0 Å². The number of methoxy groups -OCH3 is 2. The lowest BCUT2D eigenvalue weighted by Crippen LogP contribution is -2.07. The number of carbonyl (C=O) groups excluding carboxylic acids is 1. The normalized spacial score (nSPS) is 10.8. The van der Waals surface area contributed by atoms with Crippen LogP contribution in [0.4, 0.5) is 0 Å². The largest absolute Gasteiger partial charge is 0.496 e. The first kappa shape index (κ1) is 20.0. The fourth-order valence-electron chi connectivity index (χ4n) is 2.75. The average Bonchev–Trinajstić information content (AvgIpc) is 3.13. The molecule has 2 aromatic heterocycles. The number of pyridine rings is 1. The number of rotatable bonds is 9. The Morgan fingerprint density at radius 1 is 1.14 bits per heavy atom. The third-order valence-electron chi connectivity index (χ3n) is 4.22. The predicted octanol–water partition coefficient (Wildman–Crippen LogP) is 3.49. The van der Waals surface area contributed by atoms with Crippen LogP contribution in [0.2, 0.25) is 0 Å². The van der Waals surface area contributed by atoms with E-state index in [1.54, 1.807) is 51.4 Å². The molecule has 2 heterocycles. The van der Waals surface area contributed by atoms with Crippen LogP contribution in [0.15, 0.2) is 47.9 Å². The highest BCUT2D eigenvalue weighted by molar-refractivity contribution is 7.98. The minimum atomic E-state index is 0.0251. The van der Waals surface area contributed by atoms with E-state index in [1.165, 1.54) is 0 Å². The second kappa shape index (κ2) is 9.48. The number of ketones is 1. The molecule has 0 radical (unpaired) electrons. The lowest BCUT2D eigenvalue weighted by Gasteiger charge is -2.11. The smallest absolute Gasteiger partial charge is 0.191 e. The van der Waals surface area contributed by atoms with Crippen molar-refractivity contribution in [3.8, 4) is 17.1 Å². The van der Waals surface area contributed by atoms with Gasteiger partial charge in [0.05, 0.1) is 20.3 Å². The van der Waals surface area contributed by atoms with Gasteiger partial charge in [-0.25, -0.2) is 0 Å². The van der Waals surface area contributed by atoms with E-state index in [1.807, 2.05) is 28.8 Å². The molecule has 0 aliphatic rings. The fourth-order valence-corrected chi connectivity index (χ4v) is 3.69. The van der Waals surface area contributed by atoms with Gasteiger partial charge in [0, 0.05) is 41.9 Å². The van der Waals surface area contributed by atoms with Crippen molar-refractivity contribution in [2.45, 2.75) is 24.4 Å². The Labute approximate surface area is 168 Å². The minimum absolute atomic E-state index is 0.0251. The molecule has 0 N–H and O–H groups in total. The highest BCUT2D eigenvalue weighted by Gasteiger charge is 2.16. The van der Waals surface area contributed by atoms with Gasteiger partial charge in [-0.3, -0.25) is 14.3 Å². The Morgan fingerprint density at radius 2 is 1.93 bits per heavy atom. The van der Waals surface area contributed by atoms with Gasteiger partial charge in [0.15, 0.2) is 16.8 Å². The Kier molecular flexibility index (Phi) is 6.78. The average molecular weight is 398 g/mol. The van der Waals surface area contributed by atoms with Crippen molar-refractivity contribution in [2.24, 2.45) is 0 Å². The zero-order valence-corrected chi connectivity index (χ0v) is 16.9. The number of hydrogen-bond donors (Lipinski definition) is 0. The number of benzene rings is 1. The van der Waals surface area contributed by atoms with Gasteiger partial charge < -0.3 is 9.47 Å². The predicted molar refractivity (Wildman–Crippen MR) is 108 cm³/mol. The molecule has 0 unspecified atom stereocenters. The first-order chi connectivity index (χ1) is 13.6. The topological polar surface area (TPSA) is 79.1 Å². The molecular formula is C20H22N4O3S. The maximum Gasteiger partial charge on any atom is 0.191 e. The molecule has 3 aromatic rings. The molecule has 3 rings (SSSR count). The van der Waals surface area contributed by atoms with Gasteiger partial charge in [-0.1, -0.05) is 11.8 Å². The number of ether oxygens (including phenoxy) is 2. The van der Waals surface area contributed by atoms with Crippen molar-refractivity contribution in [3.63, 3.8) is 0 Å². The lowest BCUT2D eigenvalue weighted by molar-refractivity contribution is 0.101. The summed E-state index contributed by atoms with van der Waals surface area (Å²) in [4.78, 5) is 15.8. The van der Waals surface area contributed by atoms with Crippen molar-refractivity contribution in [2.75, 3.05) is 20.8 Å². The van der Waals surface area contributed by atoms with Crippen LogP contribution >= 0.6 is 11.8 Å². The van der Waals surface area contributed by atoms with E-state index in [4.69, 9.17) is 9.47 Å². The van der Waals surface area contributed by atoms with E-state index in [0.717, 1.165) is 27.9 Å². The molecule has 0 aliphatic carbocycles. The molecule has 146 valence electrons. The van der Waals surface area contributed by atoms with E-state index in [9.17, 15) is 4.79 Å². The number of Topliss-reactive ketones (excluding diaryl/α,β-unsaturated/α-hetero) is 1. The summed E-state index contributed by atoms with van der Waals surface area (Å²) in [7, 11) is 3.29. The molecule has 28 heavy (non-hydrogen) atoms. The molecule has 1 aromatic carbocycles. The second-order valence-electron chi connectivity index (χ2n) is 6.06. The SMILES string of the molecule is COCCn1c(SCc2cc(C(C)=O)ccc2OC)nnc1-c1ccncc1. The minimum Gasteiger partial charge on any atom is -0.496 e. The van der Waals surface area contributed by atoms with E-state index in [-0.39, 0.29) is 5.78 Å². The van der Waals surface area contributed by atoms with Crippen LogP contribution in [-0.4, -0.2) is 46.4 Å². The molecular weight excluding hydrogens is 376 g/mol. The Hall–Kier alpha value is -2.71. The number of carbonyl (C=O) groups is 1. The van der Waals surface area contributed by atoms with Gasteiger partial charge in [-0.05, 0) is 37.3 Å². The van der Waals surface area contributed by atoms with Gasteiger partial charge in [0.25, 0.3) is 0 Å². The maximum absolute atomic E-state index is 11.7. The highest BCUT2D eigenvalue weighted by Crippen LogP contribution is 2.30. The van der Waals surface area contributed by atoms with Crippen molar-refractivity contribution in [1.29, 1.82) is 0 Å². The summed E-state index contributed by atoms with van der Waals surface area (Å²) < 4.78 is 12.7. The molecule has 7 nitrogen and oxygen atoms in total. The first-order valence-corrected chi connectivity index (χ1v) is 9.75. The molecule has 0 fully saturated rings. The van der Waals surface area contributed by atoms with Crippen LogP contribution in [0.1, 0.15) is 22.8 Å². The second-order valence-corrected chi connectivity index (χ2v) is 7.00. The van der Waals surface area contributed by atoms with E-state index < -0.39 is 0 Å². The van der Waals surface area contributed by atoms with Crippen LogP contribution in [-0.2, 0) is 17.0 Å². The van der Waals surface area contributed by atoms with Crippen LogP contribution in [0, 0.1) is 0 Å². The summed E-state index contributed by atoms with van der Waals surface area (Å²) in [5, 5.41) is 9.51. The van der Waals surface area contributed by atoms with Crippen molar-refractivity contribution in [3.05, 3.63) is 53.9 Å². The quantitative estimate of drug-likeness (QED) is 0.403. The van der Waals surface area contributed by atoms with Gasteiger partial charge in [0.1, 0.15) is 5.75 Å². The highest BCUT2D eigenvalue weighted by atomic mass is 32.2. The number of thioether (sulfide) groups is 1. The van der Waals surface area contributed by atoms with Crippen molar-refractivity contribution >= 4 is 17.5 Å². The molecule has 0 amide bonds. The van der Waals surface area contributed by atoms with E-state index in [2.05, 4.69) is 15.2 Å². The Bertz CT molecular complexity index is 944. The number of nitrogens with zero attached hydrogens (tertiary/aromatic N) is 4. The lowest BCUT2D eigenvalue weighted by atomic mass is 10.1. The number of hydrogen-bond acceptors (Lipinski definition) is 7. The standard InChI is InChI=1S/C20H22N4O3S/c1-14(25)16-4-5-18(27-3)17(12-16)13-28-20-23-22-19(24(20)10-11-26-2)15-6-8-21-9-7-15/h4-9,12H,10-11,13H2,1-3H3. The van der Waals surface area contributed by atoms with Crippen molar-refractivity contribution in [1.82, 2.24) is 19.7 Å². The monoisotopic (exact) mass is 398 g/mol. The van der Waals surface area contributed by atoms with Crippen LogP contribution in [0.25, 0.3) is 11.4 Å². The first-order valence-electron chi connectivity index (χ1n) is 8.77. The fraction of sp³-hybridized carbons (Fsp3) is 0.300. The summed E-state index contributed by atoms with van der Waals surface area (Å²) in [5.74, 6) is 2.14. The summed E-state index contributed by atoms with van der Waals surface area (Å²) in [6.45, 7) is 2.74. The summed E-state index contributed by atoms with van der Waals surface area (Å²) in [6, 6.07) is 9.28. The molecule has 0 aliphatic heterocycles. The maximum atomic E-state index is 11.7. The Balaban J connectivity index is 1.87. The molecule has 0 bridgehead atoms. The molecule has 0 saturated heterocycles. The van der Waals surface area contributed by atoms with Crippen LogP contribution < -0.4 is 4.74 Å². The van der Waals surface area contributed by atoms with Crippen molar-refractivity contribution < 1.29 is 14.3 Å². The van der Waals surface area contributed by atoms with Gasteiger partial charge in [-0.15, -0.1) is 10.2 Å². The van der Waals surface area contributed by atoms with Gasteiger partial charge in [0.2, 0.25) is 0 Å². The third-order valence-corrected chi connectivity index (χ3v) is 5.23. The summed E-state index contributed by atoms with van der Waals surface area (Å²) in [6.07, 6.45) is 3.46. The Morgan fingerprint density at radius 3 is 2.61 bits per heavy atom. The van der Waals surface area contributed by atoms with E-state index >= 15 is 0 Å². The van der Waals surface area contributed by atoms with E-state index in [0.29, 0.717) is 24.5 Å². The van der Waals surface area contributed by atoms with Crippen LogP contribution in [0.3, 0.4) is 0 Å².